The third-order valence-corrected chi connectivity index (χ3v) is 4.57. The lowest BCUT2D eigenvalue weighted by Crippen LogP contribution is -2.41. The third-order valence-electron chi connectivity index (χ3n) is 3.71. The molecule has 0 unspecified atom stereocenters. The average molecular weight is 229 g/mol. The Morgan fingerprint density at radius 3 is 2.20 bits per heavy atom. The van der Waals surface area contributed by atoms with E-state index in [9.17, 15) is 0 Å². The first-order valence-electron chi connectivity index (χ1n) is 6.26. The molecule has 0 radical (unpaired) electrons. The van der Waals surface area contributed by atoms with Crippen molar-refractivity contribution in [1.82, 2.24) is 4.90 Å². The van der Waals surface area contributed by atoms with E-state index in [1.165, 1.54) is 32.2 Å². The van der Waals surface area contributed by atoms with E-state index in [1.54, 1.807) is 0 Å². The third kappa shape index (κ3) is 4.36. The number of rotatable bonds is 4. The van der Waals surface area contributed by atoms with E-state index in [1.807, 2.05) is 0 Å². The van der Waals surface area contributed by atoms with Gasteiger partial charge in [0.05, 0.1) is 0 Å². The Labute approximate surface area is 101 Å². The van der Waals surface area contributed by atoms with E-state index in [-0.39, 0.29) is 0 Å². The van der Waals surface area contributed by atoms with E-state index in [4.69, 9.17) is 0 Å². The smallest absolute Gasteiger partial charge is 0.00926 e. The van der Waals surface area contributed by atoms with Gasteiger partial charge >= 0.3 is 0 Å². The van der Waals surface area contributed by atoms with Crippen LogP contribution < -0.4 is 0 Å². The highest BCUT2D eigenvalue weighted by atomic mass is 32.1. The van der Waals surface area contributed by atoms with Crippen molar-refractivity contribution in [1.29, 1.82) is 0 Å². The highest BCUT2D eigenvalue weighted by Crippen LogP contribution is 2.28. The molecular formula is C13H27NS. The summed E-state index contributed by atoms with van der Waals surface area (Å²) in [6, 6.07) is 0.820. The first-order chi connectivity index (χ1) is 6.94. The molecule has 0 N–H and O–H groups in total. The lowest BCUT2D eigenvalue weighted by atomic mass is 9.85. The second-order valence-electron chi connectivity index (χ2n) is 6.15. The van der Waals surface area contributed by atoms with Gasteiger partial charge in [0.1, 0.15) is 0 Å². The summed E-state index contributed by atoms with van der Waals surface area (Å²) in [6.45, 7) is 8.17. The summed E-state index contributed by atoms with van der Waals surface area (Å²) in [7, 11) is 2.28. The normalized spacial score (nSPS) is 28.4. The maximum absolute atomic E-state index is 4.43. The lowest BCUT2D eigenvalue weighted by Gasteiger charge is -2.37. The van der Waals surface area contributed by atoms with Crippen LogP contribution in [0.5, 0.6) is 0 Å². The Kier molecular flexibility index (Phi) is 4.98. The summed E-state index contributed by atoms with van der Waals surface area (Å²) in [4.78, 5) is 2.56. The van der Waals surface area contributed by atoms with Crippen molar-refractivity contribution in [2.24, 2.45) is 11.3 Å². The molecule has 15 heavy (non-hydrogen) atoms. The van der Waals surface area contributed by atoms with Gasteiger partial charge in [0.2, 0.25) is 0 Å². The van der Waals surface area contributed by atoms with Crippen LogP contribution in [0.2, 0.25) is 0 Å². The van der Waals surface area contributed by atoms with Gasteiger partial charge in [-0.3, -0.25) is 0 Å². The molecule has 0 atom stereocenters. The minimum Gasteiger partial charge on any atom is -0.303 e. The van der Waals surface area contributed by atoms with Crippen molar-refractivity contribution in [2.75, 3.05) is 19.3 Å². The van der Waals surface area contributed by atoms with Crippen molar-refractivity contribution >= 4 is 12.6 Å². The van der Waals surface area contributed by atoms with Crippen LogP contribution in [0.15, 0.2) is 0 Å². The zero-order valence-corrected chi connectivity index (χ0v) is 11.7. The van der Waals surface area contributed by atoms with E-state index in [0.29, 0.717) is 5.41 Å². The van der Waals surface area contributed by atoms with Crippen molar-refractivity contribution in [2.45, 2.75) is 52.5 Å². The SMILES string of the molecule is CC1CCC(N(C)CC(C)(C)CS)CC1. The van der Waals surface area contributed by atoms with Gasteiger partial charge in [-0.1, -0.05) is 20.8 Å². The number of hydrogen-bond acceptors (Lipinski definition) is 2. The van der Waals surface area contributed by atoms with Gasteiger partial charge in [0.15, 0.2) is 0 Å². The summed E-state index contributed by atoms with van der Waals surface area (Å²) >= 11 is 4.43. The molecule has 0 amide bonds. The topological polar surface area (TPSA) is 3.24 Å². The van der Waals surface area contributed by atoms with Gasteiger partial charge in [-0.15, -0.1) is 0 Å². The first-order valence-corrected chi connectivity index (χ1v) is 6.89. The first kappa shape index (κ1) is 13.4. The second-order valence-corrected chi connectivity index (χ2v) is 6.47. The average Bonchev–Trinajstić information content (AvgIpc) is 2.18. The van der Waals surface area contributed by atoms with Crippen LogP contribution in [0.3, 0.4) is 0 Å². The highest BCUT2D eigenvalue weighted by Gasteiger charge is 2.25. The number of hydrogen-bond donors (Lipinski definition) is 1. The van der Waals surface area contributed by atoms with Crippen LogP contribution in [-0.2, 0) is 0 Å². The molecule has 1 rings (SSSR count). The molecule has 0 aromatic carbocycles. The van der Waals surface area contributed by atoms with Crippen LogP contribution >= 0.6 is 12.6 Å². The van der Waals surface area contributed by atoms with Crippen molar-refractivity contribution in [3.05, 3.63) is 0 Å². The number of thiol groups is 1. The van der Waals surface area contributed by atoms with Crippen LogP contribution in [-0.4, -0.2) is 30.3 Å². The standard InChI is InChI=1S/C13H27NS/c1-11-5-7-12(8-6-11)14(4)9-13(2,3)10-15/h11-12,15H,5-10H2,1-4H3. The second kappa shape index (κ2) is 5.58. The van der Waals surface area contributed by atoms with Crippen molar-refractivity contribution < 1.29 is 0 Å². The Morgan fingerprint density at radius 1 is 1.20 bits per heavy atom. The highest BCUT2D eigenvalue weighted by molar-refractivity contribution is 7.80. The zero-order valence-electron chi connectivity index (χ0n) is 10.8. The molecule has 1 fully saturated rings. The maximum atomic E-state index is 4.43. The summed E-state index contributed by atoms with van der Waals surface area (Å²) in [5.74, 6) is 1.92. The van der Waals surface area contributed by atoms with Crippen molar-refractivity contribution in [3.63, 3.8) is 0 Å². The summed E-state index contributed by atoms with van der Waals surface area (Å²) in [6.07, 6.45) is 5.60. The fourth-order valence-corrected chi connectivity index (χ4v) is 2.64. The van der Waals surface area contributed by atoms with E-state index < -0.39 is 0 Å². The Morgan fingerprint density at radius 2 is 1.73 bits per heavy atom. The van der Waals surface area contributed by atoms with Gasteiger partial charge in [0, 0.05) is 12.6 Å². The van der Waals surface area contributed by atoms with Crippen LogP contribution in [0.25, 0.3) is 0 Å². The largest absolute Gasteiger partial charge is 0.303 e. The monoisotopic (exact) mass is 229 g/mol. The van der Waals surface area contributed by atoms with E-state index in [2.05, 4.69) is 45.3 Å². The Balaban J connectivity index is 2.37. The molecule has 1 saturated carbocycles. The van der Waals surface area contributed by atoms with E-state index >= 15 is 0 Å². The van der Waals surface area contributed by atoms with Gasteiger partial charge in [-0.25, -0.2) is 0 Å². The quantitative estimate of drug-likeness (QED) is 0.723. The Hall–Kier alpha value is 0.310. The fraction of sp³-hybridized carbons (Fsp3) is 1.00. The molecule has 1 aliphatic rings. The molecule has 0 aromatic heterocycles. The molecule has 1 aliphatic carbocycles. The van der Waals surface area contributed by atoms with Crippen LogP contribution in [0.1, 0.15) is 46.5 Å². The minimum atomic E-state index is 0.348. The maximum Gasteiger partial charge on any atom is 0.00926 e. The predicted octanol–water partition coefficient (Wildman–Crippen LogP) is 3.45. The number of nitrogens with zero attached hydrogens (tertiary/aromatic N) is 1. The van der Waals surface area contributed by atoms with Crippen LogP contribution in [0.4, 0.5) is 0 Å². The fourth-order valence-electron chi connectivity index (χ4n) is 2.54. The van der Waals surface area contributed by atoms with Gasteiger partial charge < -0.3 is 4.90 Å². The molecule has 0 aromatic rings. The Bertz CT molecular complexity index is 183. The van der Waals surface area contributed by atoms with Gasteiger partial charge in [-0.2, -0.15) is 12.6 Å². The molecule has 0 spiro atoms. The molecule has 2 heteroatoms. The van der Waals surface area contributed by atoms with Crippen LogP contribution in [0, 0.1) is 11.3 Å². The zero-order chi connectivity index (χ0) is 11.5. The molecule has 90 valence electrons. The van der Waals surface area contributed by atoms with E-state index in [0.717, 1.165) is 17.7 Å². The van der Waals surface area contributed by atoms with Crippen molar-refractivity contribution in [3.8, 4) is 0 Å². The molecule has 0 aliphatic heterocycles. The summed E-state index contributed by atoms with van der Waals surface area (Å²) in [5, 5.41) is 0. The van der Waals surface area contributed by atoms with Gasteiger partial charge in [-0.05, 0) is 49.8 Å². The molecule has 0 heterocycles. The summed E-state index contributed by atoms with van der Waals surface area (Å²) < 4.78 is 0. The predicted molar refractivity (Wildman–Crippen MR) is 71.7 cm³/mol. The molecule has 0 saturated heterocycles. The molecule has 1 nitrogen and oxygen atoms in total. The molecular weight excluding hydrogens is 202 g/mol. The summed E-state index contributed by atoms with van der Waals surface area (Å²) in [5.41, 5.74) is 0.348. The minimum absolute atomic E-state index is 0.348. The van der Waals surface area contributed by atoms with Gasteiger partial charge in [0.25, 0.3) is 0 Å². The molecule has 0 bridgehead atoms. The lowest BCUT2D eigenvalue weighted by molar-refractivity contribution is 0.130.